The van der Waals surface area contributed by atoms with Crippen LogP contribution in [0.4, 0.5) is 0 Å². The van der Waals surface area contributed by atoms with Crippen LogP contribution < -0.4 is 0 Å². The van der Waals surface area contributed by atoms with E-state index >= 15 is 0 Å². The van der Waals surface area contributed by atoms with Crippen molar-refractivity contribution >= 4 is 43.1 Å². The third-order valence-corrected chi connectivity index (χ3v) is 13.1. The minimum Gasteiger partial charge on any atom is -0.248 e. The van der Waals surface area contributed by atoms with Gasteiger partial charge >= 0.3 is 0 Å². The first kappa shape index (κ1) is 35.3. The minimum absolute atomic E-state index is 0.310. The number of aromatic nitrogens is 1. The van der Waals surface area contributed by atoms with Crippen molar-refractivity contribution in [3.05, 3.63) is 235 Å². The molecule has 1 atom stereocenters. The molecule has 0 radical (unpaired) electrons. The molecule has 0 spiro atoms. The number of rotatable bonds is 5. The number of benzene rings is 10. The first-order valence-electron chi connectivity index (χ1n) is 21.5. The van der Waals surface area contributed by atoms with E-state index in [0.717, 1.165) is 40.9 Å². The summed E-state index contributed by atoms with van der Waals surface area (Å²) in [7, 11) is 0. The summed E-state index contributed by atoms with van der Waals surface area (Å²) in [5.41, 5.74) is 15.9. The predicted octanol–water partition coefficient (Wildman–Crippen LogP) is 16.1. The van der Waals surface area contributed by atoms with Crippen LogP contribution in [0, 0.1) is 0 Å². The van der Waals surface area contributed by atoms with Crippen LogP contribution in [0.5, 0.6) is 0 Å². The molecule has 0 N–H and O–H groups in total. The summed E-state index contributed by atoms with van der Waals surface area (Å²) in [6.07, 6.45) is 2.13. The van der Waals surface area contributed by atoms with Gasteiger partial charge in [0.15, 0.2) is 0 Å². The third kappa shape index (κ3) is 6.12. The maximum atomic E-state index is 5.22. The molecular formula is C60H41N. The van der Waals surface area contributed by atoms with Gasteiger partial charge in [-0.15, -0.1) is 0 Å². The zero-order valence-corrected chi connectivity index (χ0v) is 33.7. The summed E-state index contributed by atoms with van der Waals surface area (Å²) < 4.78 is 0. The zero-order valence-electron chi connectivity index (χ0n) is 33.7. The van der Waals surface area contributed by atoms with Gasteiger partial charge in [-0.05, 0) is 130 Å². The highest BCUT2D eigenvalue weighted by Gasteiger charge is 2.25. The van der Waals surface area contributed by atoms with Crippen molar-refractivity contribution in [2.75, 3.05) is 0 Å². The van der Waals surface area contributed by atoms with Gasteiger partial charge in [0.1, 0.15) is 0 Å². The van der Waals surface area contributed by atoms with E-state index in [2.05, 4.69) is 218 Å². The third-order valence-electron chi connectivity index (χ3n) is 13.1. The van der Waals surface area contributed by atoms with E-state index in [-0.39, 0.29) is 0 Å². The molecule has 1 heterocycles. The molecule has 10 aromatic carbocycles. The average molecular weight is 776 g/mol. The summed E-state index contributed by atoms with van der Waals surface area (Å²) in [6.45, 7) is 0. The fraction of sp³-hybridized carbons (Fsp3) is 0.0500. The standard InChI is InChI=1S/C60H41N/c1-3-16-41(17-4-1)58-37-47(38-59(61-58)42-18-5-2-6-19-42)50-24-13-25-54-51-22-11-12-23-52(51)57-36-45(30-33-55(57)60(50)54)44-29-32-53-49(46-27-26-39-14-7-8-20-43(39)34-46)31-28-40-15-9-10-21-48(40)56(53)35-44/h1-27,29-30,32-38,49H,28,31H2. The van der Waals surface area contributed by atoms with Crippen molar-refractivity contribution in [3.8, 4) is 55.9 Å². The Morgan fingerprint density at radius 2 is 0.951 bits per heavy atom. The van der Waals surface area contributed by atoms with Gasteiger partial charge < -0.3 is 0 Å². The first-order valence-corrected chi connectivity index (χ1v) is 21.5. The monoisotopic (exact) mass is 775 g/mol. The van der Waals surface area contributed by atoms with Crippen molar-refractivity contribution in [3.63, 3.8) is 0 Å². The molecule has 0 saturated heterocycles. The van der Waals surface area contributed by atoms with E-state index in [1.807, 2.05) is 0 Å². The van der Waals surface area contributed by atoms with Gasteiger partial charge in [-0.2, -0.15) is 0 Å². The Morgan fingerprint density at radius 3 is 1.74 bits per heavy atom. The van der Waals surface area contributed by atoms with Crippen LogP contribution in [-0.4, -0.2) is 4.98 Å². The predicted molar refractivity (Wildman–Crippen MR) is 258 cm³/mol. The molecule has 11 aromatic rings. The van der Waals surface area contributed by atoms with E-state index in [4.69, 9.17) is 4.98 Å². The van der Waals surface area contributed by atoms with E-state index in [9.17, 15) is 0 Å². The lowest BCUT2D eigenvalue weighted by molar-refractivity contribution is 0.727. The van der Waals surface area contributed by atoms with Crippen molar-refractivity contribution in [1.29, 1.82) is 0 Å². The minimum atomic E-state index is 0.310. The quantitative estimate of drug-likeness (QED) is 0.159. The van der Waals surface area contributed by atoms with Crippen LogP contribution in [0.3, 0.4) is 0 Å². The van der Waals surface area contributed by atoms with E-state index < -0.39 is 0 Å². The Morgan fingerprint density at radius 1 is 0.344 bits per heavy atom. The maximum absolute atomic E-state index is 5.22. The molecule has 0 amide bonds. The Balaban J connectivity index is 1.05. The van der Waals surface area contributed by atoms with Crippen molar-refractivity contribution in [1.82, 2.24) is 4.98 Å². The highest BCUT2D eigenvalue weighted by atomic mass is 14.7. The smallest absolute Gasteiger partial charge is 0.0715 e. The summed E-state index contributed by atoms with van der Waals surface area (Å²) in [5, 5.41) is 10.2. The zero-order chi connectivity index (χ0) is 40.3. The lowest BCUT2D eigenvalue weighted by Gasteiger charge is -2.20. The highest BCUT2D eigenvalue weighted by molar-refractivity contribution is 6.29. The van der Waals surface area contributed by atoms with Crippen LogP contribution in [0.1, 0.15) is 29.0 Å². The van der Waals surface area contributed by atoms with E-state index in [1.54, 1.807) is 0 Å². The average Bonchev–Trinajstić information content (AvgIpc) is 3.50. The molecule has 1 nitrogen and oxygen atoms in total. The van der Waals surface area contributed by atoms with Gasteiger partial charge in [0.05, 0.1) is 11.4 Å². The second kappa shape index (κ2) is 14.6. The highest BCUT2D eigenvalue weighted by Crippen LogP contribution is 2.46. The molecule has 286 valence electrons. The van der Waals surface area contributed by atoms with Gasteiger partial charge in [-0.1, -0.05) is 194 Å². The van der Waals surface area contributed by atoms with Crippen LogP contribution in [0.25, 0.3) is 99.0 Å². The number of hydrogen-bond acceptors (Lipinski definition) is 1. The molecule has 12 rings (SSSR count). The molecular weight excluding hydrogens is 735 g/mol. The lowest BCUT2D eigenvalue weighted by Crippen LogP contribution is -2.02. The molecule has 1 aliphatic carbocycles. The molecule has 1 heteroatoms. The molecule has 0 fully saturated rings. The number of hydrogen-bond donors (Lipinski definition) is 0. The Bertz CT molecular complexity index is 3420. The Labute approximate surface area is 356 Å². The normalized spacial score (nSPS) is 13.6. The van der Waals surface area contributed by atoms with Crippen molar-refractivity contribution in [2.24, 2.45) is 0 Å². The largest absolute Gasteiger partial charge is 0.248 e. The molecule has 0 aliphatic heterocycles. The van der Waals surface area contributed by atoms with Gasteiger partial charge in [-0.25, -0.2) is 4.98 Å². The second-order valence-electron chi connectivity index (χ2n) is 16.5. The van der Waals surface area contributed by atoms with Gasteiger partial charge in [0.25, 0.3) is 0 Å². The second-order valence-corrected chi connectivity index (χ2v) is 16.5. The molecule has 61 heavy (non-hydrogen) atoms. The summed E-state index contributed by atoms with van der Waals surface area (Å²) >= 11 is 0. The summed E-state index contributed by atoms with van der Waals surface area (Å²) in [6, 6.07) is 80.6. The van der Waals surface area contributed by atoms with Crippen LogP contribution in [0.2, 0.25) is 0 Å². The van der Waals surface area contributed by atoms with Crippen LogP contribution >= 0.6 is 0 Å². The number of fused-ring (bicyclic) bond motifs is 10. The summed E-state index contributed by atoms with van der Waals surface area (Å²) in [5.74, 6) is 0.310. The van der Waals surface area contributed by atoms with Crippen molar-refractivity contribution in [2.45, 2.75) is 18.8 Å². The first-order chi connectivity index (χ1) is 30.2. The molecule has 1 aromatic heterocycles. The maximum Gasteiger partial charge on any atom is 0.0715 e. The summed E-state index contributed by atoms with van der Waals surface area (Å²) in [4.78, 5) is 5.22. The SMILES string of the molecule is c1ccc(-c2cc(-c3cccc4c5ccccc5c5cc(-c6ccc7c(c6)-c6ccccc6CCC7c6ccc7ccccc7c6)ccc5c34)cc(-c3ccccc3)n2)cc1. The van der Waals surface area contributed by atoms with Gasteiger partial charge in [0.2, 0.25) is 0 Å². The van der Waals surface area contributed by atoms with E-state index in [0.29, 0.717) is 5.92 Å². The molecule has 0 bridgehead atoms. The number of pyridine rings is 1. The fourth-order valence-electron chi connectivity index (χ4n) is 10.1. The van der Waals surface area contributed by atoms with Gasteiger partial charge in [-0.3, -0.25) is 0 Å². The fourth-order valence-corrected chi connectivity index (χ4v) is 10.1. The van der Waals surface area contributed by atoms with E-state index in [1.165, 1.54) is 87.6 Å². The number of nitrogens with zero attached hydrogens (tertiary/aromatic N) is 1. The lowest BCUT2D eigenvalue weighted by atomic mass is 9.83. The Hall–Kier alpha value is -7.61. The topological polar surface area (TPSA) is 12.9 Å². The Kier molecular flexibility index (Phi) is 8.45. The van der Waals surface area contributed by atoms with Crippen molar-refractivity contribution < 1.29 is 0 Å². The van der Waals surface area contributed by atoms with Crippen LogP contribution in [0.15, 0.2) is 218 Å². The molecule has 0 saturated carbocycles. The molecule has 1 unspecified atom stereocenters. The van der Waals surface area contributed by atoms with Gasteiger partial charge in [0, 0.05) is 17.0 Å². The van der Waals surface area contributed by atoms with Crippen LogP contribution in [-0.2, 0) is 6.42 Å². The number of aryl methyl sites for hydroxylation is 1. The molecule has 1 aliphatic rings.